The molecule has 0 saturated carbocycles. The molecule has 0 aliphatic heterocycles. The van der Waals surface area contributed by atoms with Gasteiger partial charge in [0.1, 0.15) is 23.0 Å². The molecule has 1 heterocycles. The highest BCUT2D eigenvalue weighted by atomic mass is 16.7. The summed E-state index contributed by atoms with van der Waals surface area (Å²) in [6.07, 6.45) is 0. The highest BCUT2D eigenvalue weighted by molar-refractivity contribution is 5.89. The summed E-state index contributed by atoms with van der Waals surface area (Å²) < 4.78 is 20.2. The monoisotopic (exact) mass is 378 g/mol. The number of carbonyl (C=O) groups is 2. The molecular formula is C17H18N2O8. The van der Waals surface area contributed by atoms with Crippen LogP contribution >= 0.6 is 0 Å². The second-order valence-corrected chi connectivity index (χ2v) is 5.07. The highest BCUT2D eigenvalue weighted by Crippen LogP contribution is 2.17. The van der Waals surface area contributed by atoms with Crippen molar-refractivity contribution in [1.82, 2.24) is 5.32 Å². The SMILES string of the molecule is CCOc1ccc(OCCNC(=O)COC(=O)c2ccc([N+](=O)[O-])o2)cc1. The van der Waals surface area contributed by atoms with Crippen molar-refractivity contribution in [2.45, 2.75) is 6.92 Å². The van der Waals surface area contributed by atoms with E-state index in [-0.39, 0.29) is 18.9 Å². The number of hydrogen-bond donors (Lipinski definition) is 1. The van der Waals surface area contributed by atoms with Gasteiger partial charge in [-0.3, -0.25) is 14.9 Å². The Hall–Kier alpha value is -3.56. The van der Waals surface area contributed by atoms with E-state index in [9.17, 15) is 19.7 Å². The maximum Gasteiger partial charge on any atom is 0.433 e. The van der Waals surface area contributed by atoms with Crippen LogP contribution in [-0.4, -0.2) is 43.2 Å². The molecule has 0 atom stereocenters. The number of nitrogens with one attached hydrogen (secondary N) is 1. The number of esters is 1. The molecule has 0 aliphatic carbocycles. The lowest BCUT2D eigenvalue weighted by Crippen LogP contribution is -2.32. The molecule has 0 saturated heterocycles. The van der Waals surface area contributed by atoms with Gasteiger partial charge in [-0.15, -0.1) is 0 Å². The van der Waals surface area contributed by atoms with Gasteiger partial charge in [0, 0.05) is 0 Å². The Kier molecular flexibility index (Phi) is 7.17. The third-order valence-electron chi connectivity index (χ3n) is 3.13. The van der Waals surface area contributed by atoms with E-state index in [4.69, 9.17) is 14.2 Å². The van der Waals surface area contributed by atoms with Crippen LogP contribution in [0.2, 0.25) is 0 Å². The Morgan fingerprint density at radius 3 is 2.37 bits per heavy atom. The van der Waals surface area contributed by atoms with Crippen molar-refractivity contribution < 1.29 is 33.1 Å². The lowest BCUT2D eigenvalue weighted by atomic mass is 10.3. The van der Waals surface area contributed by atoms with E-state index in [0.717, 1.165) is 17.9 Å². The van der Waals surface area contributed by atoms with Gasteiger partial charge in [0.15, 0.2) is 6.61 Å². The van der Waals surface area contributed by atoms with Gasteiger partial charge in [0.05, 0.1) is 19.2 Å². The van der Waals surface area contributed by atoms with E-state index in [1.54, 1.807) is 24.3 Å². The average Bonchev–Trinajstić information content (AvgIpc) is 3.15. The number of hydrogen-bond acceptors (Lipinski definition) is 8. The molecule has 1 N–H and O–H groups in total. The Morgan fingerprint density at radius 1 is 1.11 bits per heavy atom. The Bertz CT molecular complexity index is 784. The Morgan fingerprint density at radius 2 is 1.78 bits per heavy atom. The molecule has 27 heavy (non-hydrogen) atoms. The molecule has 10 nitrogen and oxygen atoms in total. The summed E-state index contributed by atoms with van der Waals surface area (Å²) in [7, 11) is 0. The molecule has 0 spiro atoms. The van der Waals surface area contributed by atoms with Gasteiger partial charge in [-0.2, -0.15) is 0 Å². The molecule has 0 aliphatic rings. The number of ether oxygens (including phenoxy) is 3. The smallest absolute Gasteiger partial charge is 0.433 e. The molecule has 144 valence electrons. The van der Waals surface area contributed by atoms with Crippen molar-refractivity contribution in [3.63, 3.8) is 0 Å². The van der Waals surface area contributed by atoms with Crippen LogP contribution < -0.4 is 14.8 Å². The van der Waals surface area contributed by atoms with Gasteiger partial charge < -0.3 is 23.9 Å². The number of carbonyl (C=O) groups excluding carboxylic acids is 2. The number of furan rings is 1. The van der Waals surface area contributed by atoms with Crippen LogP contribution in [0.1, 0.15) is 17.5 Å². The molecule has 1 aromatic carbocycles. The summed E-state index contributed by atoms with van der Waals surface area (Å²) >= 11 is 0. The quantitative estimate of drug-likeness (QED) is 0.287. The topological polar surface area (TPSA) is 130 Å². The van der Waals surface area contributed by atoms with Crippen LogP contribution in [0.15, 0.2) is 40.8 Å². The predicted molar refractivity (Wildman–Crippen MR) is 91.8 cm³/mol. The average molecular weight is 378 g/mol. The molecule has 1 aromatic heterocycles. The number of rotatable bonds is 10. The first kappa shape index (κ1) is 19.8. The summed E-state index contributed by atoms with van der Waals surface area (Å²) in [6.45, 7) is 2.35. The second-order valence-electron chi connectivity index (χ2n) is 5.07. The highest BCUT2D eigenvalue weighted by Gasteiger charge is 2.19. The van der Waals surface area contributed by atoms with Crippen molar-refractivity contribution in [3.05, 3.63) is 52.3 Å². The summed E-state index contributed by atoms with van der Waals surface area (Å²) in [5, 5.41) is 13.0. The van der Waals surface area contributed by atoms with Gasteiger partial charge in [0.25, 0.3) is 5.91 Å². The van der Waals surface area contributed by atoms with Gasteiger partial charge >= 0.3 is 11.9 Å². The van der Waals surface area contributed by atoms with Crippen molar-refractivity contribution in [2.75, 3.05) is 26.4 Å². The van der Waals surface area contributed by atoms with Crippen LogP contribution in [0.3, 0.4) is 0 Å². The zero-order valence-corrected chi connectivity index (χ0v) is 14.5. The first-order valence-electron chi connectivity index (χ1n) is 8.03. The molecule has 0 bridgehead atoms. The summed E-state index contributed by atoms with van der Waals surface area (Å²) in [5.74, 6) is -1.09. The largest absolute Gasteiger partial charge is 0.494 e. The van der Waals surface area contributed by atoms with Crippen molar-refractivity contribution in [2.24, 2.45) is 0 Å². The molecule has 1 amide bonds. The molecule has 10 heteroatoms. The fourth-order valence-corrected chi connectivity index (χ4v) is 1.95. The van der Waals surface area contributed by atoms with E-state index >= 15 is 0 Å². The van der Waals surface area contributed by atoms with Crippen molar-refractivity contribution in [1.29, 1.82) is 0 Å². The van der Waals surface area contributed by atoms with Crippen molar-refractivity contribution >= 4 is 17.8 Å². The van der Waals surface area contributed by atoms with E-state index in [0.29, 0.717) is 12.4 Å². The maximum atomic E-state index is 11.6. The molecule has 0 radical (unpaired) electrons. The number of nitro groups is 1. The van der Waals surface area contributed by atoms with Gasteiger partial charge in [0.2, 0.25) is 5.76 Å². The Balaban J connectivity index is 1.64. The molecular weight excluding hydrogens is 360 g/mol. The van der Waals surface area contributed by atoms with E-state index in [1.807, 2.05) is 6.92 Å². The van der Waals surface area contributed by atoms with E-state index < -0.39 is 29.3 Å². The summed E-state index contributed by atoms with van der Waals surface area (Å²) in [5.41, 5.74) is 0. The molecule has 0 fully saturated rings. The van der Waals surface area contributed by atoms with Gasteiger partial charge in [-0.25, -0.2) is 4.79 Å². The van der Waals surface area contributed by atoms with Crippen LogP contribution in [0.25, 0.3) is 0 Å². The van der Waals surface area contributed by atoms with Crippen LogP contribution in [-0.2, 0) is 9.53 Å². The standard InChI is InChI=1S/C17H18N2O8/c1-2-24-12-3-5-13(6-4-12)25-10-9-18-15(20)11-26-17(21)14-7-8-16(27-14)19(22)23/h3-8H,2,9-11H2,1H3,(H,18,20). The number of amides is 1. The minimum Gasteiger partial charge on any atom is -0.494 e. The molecule has 0 unspecified atom stereocenters. The van der Waals surface area contributed by atoms with Gasteiger partial charge in [-0.1, -0.05) is 0 Å². The lowest BCUT2D eigenvalue weighted by molar-refractivity contribution is -0.402. The summed E-state index contributed by atoms with van der Waals surface area (Å²) in [6, 6.07) is 9.16. The zero-order chi connectivity index (χ0) is 19.6. The predicted octanol–water partition coefficient (Wildman–Crippen LogP) is 1.94. The minimum absolute atomic E-state index is 0.204. The fraction of sp³-hybridized carbons (Fsp3) is 0.294. The van der Waals surface area contributed by atoms with E-state index in [1.165, 1.54) is 0 Å². The second kappa shape index (κ2) is 9.80. The Labute approximate surface area is 154 Å². The fourth-order valence-electron chi connectivity index (χ4n) is 1.95. The molecule has 2 rings (SSSR count). The summed E-state index contributed by atoms with van der Waals surface area (Å²) in [4.78, 5) is 32.9. The lowest BCUT2D eigenvalue weighted by Gasteiger charge is -2.09. The first-order chi connectivity index (χ1) is 13.0. The minimum atomic E-state index is -0.969. The van der Waals surface area contributed by atoms with E-state index in [2.05, 4.69) is 9.73 Å². The van der Waals surface area contributed by atoms with Crippen LogP contribution in [0, 0.1) is 10.1 Å². The maximum absolute atomic E-state index is 11.6. The van der Waals surface area contributed by atoms with Crippen LogP contribution in [0.4, 0.5) is 5.88 Å². The van der Waals surface area contributed by atoms with Crippen molar-refractivity contribution in [3.8, 4) is 11.5 Å². The third-order valence-corrected chi connectivity index (χ3v) is 3.13. The number of nitrogens with zero attached hydrogens (tertiary/aromatic N) is 1. The number of benzene rings is 1. The first-order valence-corrected chi connectivity index (χ1v) is 8.03. The third kappa shape index (κ3) is 6.34. The zero-order valence-electron chi connectivity index (χ0n) is 14.5. The molecule has 2 aromatic rings. The normalized spacial score (nSPS) is 10.1. The van der Waals surface area contributed by atoms with Gasteiger partial charge in [-0.05, 0) is 37.3 Å². The van der Waals surface area contributed by atoms with Crippen LogP contribution in [0.5, 0.6) is 11.5 Å².